The zero-order valence-corrected chi connectivity index (χ0v) is 10.2. The first-order valence-corrected chi connectivity index (χ1v) is 5.45. The van der Waals surface area contributed by atoms with Crippen LogP contribution in [0.3, 0.4) is 0 Å². The molecule has 0 saturated carbocycles. The van der Waals surface area contributed by atoms with Crippen molar-refractivity contribution in [3.05, 3.63) is 29.1 Å². The lowest BCUT2D eigenvalue weighted by molar-refractivity contribution is -0.141. The molecule has 0 radical (unpaired) electrons. The van der Waals surface area contributed by atoms with Crippen LogP contribution in [0, 0.1) is 12.7 Å². The van der Waals surface area contributed by atoms with Gasteiger partial charge in [0.2, 0.25) is 0 Å². The first-order chi connectivity index (χ1) is 8.45. The lowest BCUT2D eigenvalue weighted by Crippen LogP contribution is -2.31. The number of nitrogens with one attached hydrogen (secondary N) is 1. The van der Waals surface area contributed by atoms with Crippen LogP contribution in [0.1, 0.15) is 22.8 Å². The highest BCUT2D eigenvalue weighted by Crippen LogP contribution is 2.16. The average molecular weight is 254 g/mol. The van der Waals surface area contributed by atoms with Crippen molar-refractivity contribution in [2.45, 2.75) is 13.8 Å². The van der Waals surface area contributed by atoms with Crippen LogP contribution >= 0.6 is 0 Å². The molecule has 3 N–H and O–H groups in total. The molecule has 0 bridgehead atoms. The average Bonchev–Trinajstić information content (AvgIpc) is 2.31. The lowest BCUT2D eigenvalue weighted by atomic mass is 10.1. The standard InChI is InChI=1S/C12H15FN2O3/c1-3-18-10(16)6-15-12(17)9-5-8(14)4-7(2)11(9)13/h4-5H,3,6,14H2,1-2H3,(H,15,17). The second kappa shape index (κ2) is 6.00. The van der Waals surface area contributed by atoms with Crippen molar-refractivity contribution in [3.8, 4) is 0 Å². The van der Waals surface area contributed by atoms with Gasteiger partial charge in [0.15, 0.2) is 0 Å². The molecule has 0 saturated heterocycles. The summed E-state index contributed by atoms with van der Waals surface area (Å²) in [5.74, 6) is -1.92. The Balaban J connectivity index is 2.76. The molecule has 0 aliphatic heterocycles. The second-order valence-electron chi connectivity index (χ2n) is 3.69. The normalized spacial score (nSPS) is 9.94. The summed E-state index contributed by atoms with van der Waals surface area (Å²) in [7, 11) is 0. The molecule has 1 rings (SSSR count). The highest BCUT2D eigenvalue weighted by atomic mass is 19.1. The summed E-state index contributed by atoms with van der Waals surface area (Å²) in [6.45, 7) is 3.08. The Morgan fingerprint density at radius 1 is 1.44 bits per heavy atom. The number of anilines is 1. The third-order valence-corrected chi connectivity index (χ3v) is 2.22. The number of esters is 1. The molecule has 1 amide bonds. The number of hydrogen-bond donors (Lipinski definition) is 2. The van der Waals surface area contributed by atoms with E-state index in [0.29, 0.717) is 0 Å². The van der Waals surface area contributed by atoms with Crippen LogP contribution in [-0.2, 0) is 9.53 Å². The number of halogens is 1. The maximum absolute atomic E-state index is 13.7. The number of hydrogen-bond acceptors (Lipinski definition) is 4. The van der Waals surface area contributed by atoms with E-state index in [0.717, 1.165) is 0 Å². The Bertz CT molecular complexity index is 475. The highest BCUT2D eigenvalue weighted by Gasteiger charge is 2.15. The summed E-state index contributed by atoms with van der Waals surface area (Å²) >= 11 is 0. The molecule has 0 fully saturated rings. The van der Waals surface area contributed by atoms with E-state index in [-0.39, 0.29) is 30.0 Å². The van der Waals surface area contributed by atoms with Crippen molar-refractivity contribution < 1.29 is 18.7 Å². The zero-order valence-electron chi connectivity index (χ0n) is 10.2. The summed E-state index contributed by atoms with van der Waals surface area (Å²) in [4.78, 5) is 22.7. The third kappa shape index (κ3) is 3.44. The van der Waals surface area contributed by atoms with Gasteiger partial charge in [0.1, 0.15) is 12.4 Å². The monoisotopic (exact) mass is 254 g/mol. The molecule has 0 aliphatic rings. The Morgan fingerprint density at radius 2 is 2.11 bits per heavy atom. The molecule has 0 aromatic heterocycles. The van der Waals surface area contributed by atoms with E-state index >= 15 is 0 Å². The predicted octanol–water partition coefficient (Wildman–Crippen LogP) is 1.01. The molecular formula is C12H15FN2O3. The van der Waals surface area contributed by atoms with E-state index in [9.17, 15) is 14.0 Å². The minimum absolute atomic E-state index is 0.184. The number of amides is 1. The van der Waals surface area contributed by atoms with Gasteiger partial charge in [-0.15, -0.1) is 0 Å². The van der Waals surface area contributed by atoms with Gasteiger partial charge in [-0.3, -0.25) is 9.59 Å². The van der Waals surface area contributed by atoms with Gasteiger partial charge in [-0.05, 0) is 31.5 Å². The Kier molecular flexibility index (Phi) is 4.65. The second-order valence-corrected chi connectivity index (χ2v) is 3.69. The summed E-state index contributed by atoms with van der Waals surface area (Å²) in [5, 5.41) is 2.27. The fourth-order valence-corrected chi connectivity index (χ4v) is 1.42. The van der Waals surface area contributed by atoms with E-state index in [1.165, 1.54) is 19.1 Å². The molecule has 0 unspecified atom stereocenters. The molecular weight excluding hydrogens is 239 g/mol. The van der Waals surface area contributed by atoms with Crippen molar-refractivity contribution in [1.29, 1.82) is 0 Å². The minimum Gasteiger partial charge on any atom is -0.465 e. The molecule has 6 heteroatoms. The highest BCUT2D eigenvalue weighted by molar-refractivity contribution is 5.97. The minimum atomic E-state index is -0.698. The van der Waals surface area contributed by atoms with Crippen LogP contribution in [0.15, 0.2) is 12.1 Å². The van der Waals surface area contributed by atoms with Gasteiger partial charge < -0.3 is 15.8 Å². The summed E-state index contributed by atoms with van der Waals surface area (Å²) < 4.78 is 18.3. The first-order valence-electron chi connectivity index (χ1n) is 5.45. The van der Waals surface area contributed by atoms with Crippen molar-refractivity contribution >= 4 is 17.6 Å². The summed E-state index contributed by atoms with van der Waals surface area (Å²) in [5.41, 5.74) is 5.91. The molecule has 0 atom stereocenters. The van der Waals surface area contributed by atoms with Gasteiger partial charge in [-0.25, -0.2) is 4.39 Å². The predicted molar refractivity (Wildman–Crippen MR) is 64.5 cm³/mol. The quantitative estimate of drug-likeness (QED) is 0.620. The number of rotatable bonds is 4. The van der Waals surface area contributed by atoms with Crippen molar-refractivity contribution in [2.75, 3.05) is 18.9 Å². The molecule has 0 spiro atoms. The lowest BCUT2D eigenvalue weighted by Gasteiger charge is -2.08. The number of benzene rings is 1. The number of nitrogens with two attached hydrogens (primary N) is 1. The van der Waals surface area contributed by atoms with Crippen LogP contribution in [0.5, 0.6) is 0 Å². The Morgan fingerprint density at radius 3 is 2.72 bits per heavy atom. The maximum Gasteiger partial charge on any atom is 0.325 e. The smallest absolute Gasteiger partial charge is 0.325 e. The fourth-order valence-electron chi connectivity index (χ4n) is 1.42. The zero-order chi connectivity index (χ0) is 13.7. The number of ether oxygens (including phenoxy) is 1. The van der Waals surface area contributed by atoms with E-state index in [2.05, 4.69) is 10.1 Å². The SMILES string of the molecule is CCOC(=O)CNC(=O)c1cc(N)cc(C)c1F. The van der Waals surface area contributed by atoms with Crippen molar-refractivity contribution in [2.24, 2.45) is 0 Å². The van der Waals surface area contributed by atoms with Gasteiger partial charge in [0, 0.05) is 5.69 Å². The van der Waals surface area contributed by atoms with E-state index in [4.69, 9.17) is 5.73 Å². The Labute approximate surface area is 104 Å². The van der Waals surface area contributed by atoms with Crippen LogP contribution < -0.4 is 11.1 Å². The third-order valence-electron chi connectivity index (χ3n) is 2.22. The molecule has 0 heterocycles. The fraction of sp³-hybridized carbons (Fsp3) is 0.333. The molecule has 1 aromatic rings. The number of aryl methyl sites for hydroxylation is 1. The number of carbonyl (C=O) groups is 2. The van der Waals surface area contributed by atoms with Gasteiger partial charge in [0.05, 0.1) is 12.2 Å². The molecule has 0 aliphatic carbocycles. The van der Waals surface area contributed by atoms with Gasteiger partial charge in [-0.2, -0.15) is 0 Å². The summed E-state index contributed by atoms with van der Waals surface area (Å²) in [6.07, 6.45) is 0. The maximum atomic E-state index is 13.7. The molecule has 1 aromatic carbocycles. The van der Waals surface area contributed by atoms with Crippen LogP contribution in [0.2, 0.25) is 0 Å². The van der Waals surface area contributed by atoms with Gasteiger partial charge in [0.25, 0.3) is 5.91 Å². The van der Waals surface area contributed by atoms with E-state index in [1.807, 2.05) is 0 Å². The summed E-state index contributed by atoms with van der Waals surface area (Å²) in [6, 6.07) is 2.65. The number of nitrogen functional groups attached to an aromatic ring is 1. The van der Waals surface area contributed by atoms with Crippen LogP contribution in [0.25, 0.3) is 0 Å². The largest absolute Gasteiger partial charge is 0.465 e. The van der Waals surface area contributed by atoms with Gasteiger partial charge in [-0.1, -0.05) is 0 Å². The van der Waals surface area contributed by atoms with Crippen LogP contribution in [-0.4, -0.2) is 25.0 Å². The molecule has 5 nitrogen and oxygen atoms in total. The molecule has 18 heavy (non-hydrogen) atoms. The van der Waals surface area contributed by atoms with Crippen molar-refractivity contribution in [3.63, 3.8) is 0 Å². The topological polar surface area (TPSA) is 81.4 Å². The van der Waals surface area contributed by atoms with E-state index < -0.39 is 17.7 Å². The Hall–Kier alpha value is -2.11. The molecule has 98 valence electrons. The van der Waals surface area contributed by atoms with Gasteiger partial charge >= 0.3 is 5.97 Å². The van der Waals surface area contributed by atoms with E-state index in [1.54, 1.807) is 6.92 Å². The van der Waals surface area contributed by atoms with Crippen LogP contribution in [0.4, 0.5) is 10.1 Å². The first kappa shape index (κ1) is 14.0. The number of carbonyl (C=O) groups excluding carboxylic acids is 2. The van der Waals surface area contributed by atoms with Crippen molar-refractivity contribution in [1.82, 2.24) is 5.32 Å².